The van der Waals surface area contributed by atoms with Crippen molar-refractivity contribution in [2.75, 3.05) is 31.9 Å². The van der Waals surface area contributed by atoms with E-state index in [0.29, 0.717) is 37.4 Å². The van der Waals surface area contributed by atoms with E-state index >= 15 is 0 Å². The molecule has 0 spiro atoms. The minimum atomic E-state index is -0.532. The van der Waals surface area contributed by atoms with Crippen LogP contribution in [-0.2, 0) is 6.54 Å². The first-order chi connectivity index (χ1) is 11.5. The molecule has 0 unspecified atom stereocenters. The molecule has 2 aromatic carbocycles. The summed E-state index contributed by atoms with van der Waals surface area (Å²) in [5, 5.41) is 0. The summed E-state index contributed by atoms with van der Waals surface area (Å²) in [4.78, 5) is 16.1. The SMILES string of the molecule is Nc1ccc(C(=O)N2CCN(Cc3c(F)cccc3F)CC2)cc1. The van der Waals surface area contributed by atoms with E-state index in [2.05, 4.69) is 0 Å². The van der Waals surface area contributed by atoms with Gasteiger partial charge in [0, 0.05) is 49.5 Å². The normalized spacial score (nSPS) is 15.5. The average molecular weight is 331 g/mol. The minimum absolute atomic E-state index is 0.0493. The van der Waals surface area contributed by atoms with Gasteiger partial charge in [0.1, 0.15) is 11.6 Å². The van der Waals surface area contributed by atoms with E-state index in [1.165, 1.54) is 18.2 Å². The molecular weight excluding hydrogens is 312 g/mol. The Bertz CT molecular complexity index is 705. The Morgan fingerprint density at radius 3 is 2.12 bits per heavy atom. The minimum Gasteiger partial charge on any atom is -0.399 e. The number of hydrogen-bond acceptors (Lipinski definition) is 3. The summed E-state index contributed by atoms with van der Waals surface area (Å²) < 4.78 is 27.4. The number of benzene rings is 2. The van der Waals surface area contributed by atoms with Crippen molar-refractivity contribution >= 4 is 11.6 Å². The Kier molecular flexibility index (Phi) is 4.76. The monoisotopic (exact) mass is 331 g/mol. The van der Waals surface area contributed by atoms with Crippen LogP contribution in [0.3, 0.4) is 0 Å². The zero-order chi connectivity index (χ0) is 17.1. The van der Waals surface area contributed by atoms with Gasteiger partial charge in [-0.1, -0.05) is 6.07 Å². The van der Waals surface area contributed by atoms with Crippen molar-refractivity contribution in [3.05, 3.63) is 65.2 Å². The van der Waals surface area contributed by atoms with E-state index in [4.69, 9.17) is 5.73 Å². The number of carbonyl (C=O) groups is 1. The van der Waals surface area contributed by atoms with Crippen LogP contribution in [-0.4, -0.2) is 41.9 Å². The van der Waals surface area contributed by atoms with Crippen LogP contribution < -0.4 is 5.73 Å². The van der Waals surface area contributed by atoms with Crippen molar-refractivity contribution in [2.24, 2.45) is 0 Å². The maximum absolute atomic E-state index is 13.7. The number of rotatable bonds is 3. The van der Waals surface area contributed by atoms with E-state index in [-0.39, 0.29) is 18.0 Å². The van der Waals surface area contributed by atoms with Gasteiger partial charge in [-0.3, -0.25) is 9.69 Å². The summed E-state index contributed by atoms with van der Waals surface area (Å²) in [5.74, 6) is -1.11. The smallest absolute Gasteiger partial charge is 0.253 e. The fourth-order valence-electron chi connectivity index (χ4n) is 2.82. The molecule has 0 radical (unpaired) electrons. The highest BCUT2D eigenvalue weighted by Gasteiger charge is 2.23. The Morgan fingerprint density at radius 2 is 1.54 bits per heavy atom. The molecule has 2 N–H and O–H groups in total. The van der Waals surface area contributed by atoms with Gasteiger partial charge in [-0.25, -0.2) is 8.78 Å². The molecule has 2 aromatic rings. The Hall–Kier alpha value is -2.47. The van der Waals surface area contributed by atoms with Gasteiger partial charge in [-0.15, -0.1) is 0 Å². The standard InChI is InChI=1S/C18H19F2N3O/c19-16-2-1-3-17(20)15(16)12-22-8-10-23(11-9-22)18(24)13-4-6-14(21)7-5-13/h1-7H,8-12,21H2. The van der Waals surface area contributed by atoms with Crippen LogP contribution in [0.15, 0.2) is 42.5 Å². The molecule has 0 bridgehead atoms. The first-order valence-electron chi connectivity index (χ1n) is 7.84. The predicted molar refractivity (Wildman–Crippen MR) is 88.4 cm³/mol. The van der Waals surface area contributed by atoms with Gasteiger partial charge >= 0.3 is 0 Å². The van der Waals surface area contributed by atoms with Crippen LogP contribution in [0.5, 0.6) is 0 Å². The van der Waals surface area contributed by atoms with Crippen molar-refractivity contribution in [1.29, 1.82) is 0 Å². The summed E-state index contributed by atoms with van der Waals surface area (Å²) in [6.45, 7) is 2.42. The van der Waals surface area contributed by atoms with Gasteiger partial charge in [0.15, 0.2) is 0 Å². The molecule has 1 aliphatic rings. The van der Waals surface area contributed by atoms with Crippen LogP contribution in [0.2, 0.25) is 0 Å². The van der Waals surface area contributed by atoms with E-state index in [9.17, 15) is 13.6 Å². The summed E-state index contributed by atoms with van der Waals surface area (Å²) in [6, 6.07) is 10.7. The molecule has 1 amide bonds. The molecule has 0 saturated carbocycles. The van der Waals surface area contributed by atoms with E-state index < -0.39 is 11.6 Å². The average Bonchev–Trinajstić information content (AvgIpc) is 2.59. The first kappa shape index (κ1) is 16.4. The molecule has 3 rings (SSSR count). The fraction of sp³-hybridized carbons (Fsp3) is 0.278. The van der Waals surface area contributed by atoms with Crippen LogP contribution in [0.4, 0.5) is 14.5 Å². The molecule has 24 heavy (non-hydrogen) atoms. The summed E-state index contributed by atoms with van der Waals surface area (Å²) in [7, 11) is 0. The first-order valence-corrected chi connectivity index (χ1v) is 7.84. The third-order valence-electron chi connectivity index (χ3n) is 4.26. The molecule has 1 fully saturated rings. The lowest BCUT2D eigenvalue weighted by Gasteiger charge is -2.34. The summed E-state index contributed by atoms with van der Waals surface area (Å²) in [5.41, 5.74) is 6.92. The fourth-order valence-corrected chi connectivity index (χ4v) is 2.82. The van der Waals surface area contributed by atoms with E-state index in [1.54, 1.807) is 29.2 Å². The predicted octanol–water partition coefficient (Wildman–Crippen LogP) is 2.51. The third kappa shape index (κ3) is 3.54. The van der Waals surface area contributed by atoms with Crippen molar-refractivity contribution in [3.8, 4) is 0 Å². The van der Waals surface area contributed by atoms with Crippen LogP contribution >= 0.6 is 0 Å². The number of anilines is 1. The van der Waals surface area contributed by atoms with Crippen molar-refractivity contribution < 1.29 is 13.6 Å². The number of hydrogen-bond donors (Lipinski definition) is 1. The Balaban J connectivity index is 1.59. The van der Waals surface area contributed by atoms with Gasteiger partial charge in [-0.2, -0.15) is 0 Å². The molecule has 0 atom stereocenters. The lowest BCUT2D eigenvalue weighted by Crippen LogP contribution is -2.48. The Morgan fingerprint density at radius 1 is 0.958 bits per heavy atom. The number of amides is 1. The number of nitrogens with zero attached hydrogens (tertiary/aromatic N) is 2. The molecular formula is C18H19F2N3O. The van der Waals surface area contributed by atoms with Crippen molar-refractivity contribution in [3.63, 3.8) is 0 Å². The second-order valence-corrected chi connectivity index (χ2v) is 5.89. The number of halogens is 2. The lowest BCUT2D eigenvalue weighted by atomic mass is 10.1. The highest BCUT2D eigenvalue weighted by atomic mass is 19.1. The molecule has 1 aliphatic heterocycles. The molecule has 4 nitrogen and oxygen atoms in total. The quantitative estimate of drug-likeness (QED) is 0.879. The van der Waals surface area contributed by atoms with Gasteiger partial charge in [-0.05, 0) is 36.4 Å². The molecule has 0 aromatic heterocycles. The van der Waals surface area contributed by atoms with Crippen LogP contribution in [0.1, 0.15) is 15.9 Å². The third-order valence-corrected chi connectivity index (χ3v) is 4.26. The molecule has 126 valence electrons. The van der Waals surface area contributed by atoms with E-state index in [0.717, 1.165) is 0 Å². The van der Waals surface area contributed by atoms with Gasteiger partial charge in [0.2, 0.25) is 0 Å². The highest BCUT2D eigenvalue weighted by Crippen LogP contribution is 2.17. The topological polar surface area (TPSA) is 49.6 Å². The number of piperazine rings is 1. The second-order valence-electron chi connectivity index (χ2n) is 5.89. The second kappa shape index (κ2) is 6.97. The number of nitrogens with two attached hydrogens (primary N) is 1. The molecule has 1 heterocycles. The van der Waals surface area contributed by atoms with Crippen molar-refractivity contribution in [2.45, 2.75) is 6.54 Å². The van der Waals surface area contributed by atoms with Gasteiger partial charge in [0.05, 0.1) is 0 Å². The largest absolute Gasteiger partial charge is 0.399 e. The van der Waals surface area contributed by atoms with Gasteiger partial charge < -0.3 is 10.6 Å². The zero-order valence-corrected chi connectivity index (χ0v) is 13.2. The maximum Gasteiger partial charge on any atom is 0.253 e. The lowest BCUT2D eigenvalue weighted by molar-refractivity contribution is 0.0625. The Labute approximate surface area is 139 Å². The van der Waals surface area contributed by atoms with Crippen LogP contribution in [0.25, 0.3) is 0 Å². The number of nitrogen functional groups attached to an aromatic ring is 1. The van der Waals surface area contributed by atoms with E-state index in [1.807, 2.05) is 4.90 Å². The molecule has 6 heteroatoms. The van der Waals surface area contributed by atoms with Crippen LogP contribution in [0, 0.1) is 11.6 Å². The molecule has 0 aliphatic carbocycles. The summed E-state index contributed by atoms with van der Waals surface area (Å²) in [6.07, 6.45) is 0. The maximum atomic E-state index is 13.7. The van der Waals surface area contributed by atoms with Gasteiger partial charge in [0.25, 0.3) is 5.91 Å². The number of carbonyl (C=O) groups excluding carboxylic acids is 1. The zero-order valence-electron chi connectivity index (χ0n) is 13.2. The molecule has 1 saturated heterocycles. The highest BCUT2D eigenvalue weighted by molar-refractivity contribution is 5.94. The summed E-state index contributed by atoms with van der Waals surface area (Å²) >= 11 is 0. The van der Waals surface area contributed by atoms with Crippen molar-refractivity contribution in [1.82, 2.24) is 9.80 Å².